The van der Waals surface area contributed by atoms with Gasteiger partial charge in [0.2, 0.25) is 0 Å². The van der Waals surface area contributed by atoms with Crippen molar-refractivity contribution in [3.05, 3.63) is 158 Å². The lowest BCUT2D eigenvalue weighted by atomic mass is 9.95. The highest BCUT2D eigenvalue weighted by atomic mass is 16.3. The molecule has 0 radical (unpaired) electrons. The molecule has 9 rings (SSSR count). The topological polar surface area (TPSA) is 38.9 Å². The highest BCUT2D eigenvalue weighted by molar-refractivity contribution is 6.19. The Morgan fingerprint density at radius 1 is 0.333 bits per heavy atom. The van der Waals surface area contributed by atoms with Crippen molar-refractivity contribution in [3.8, 4) is 22.3 Å². The first-order chi connectivity index (χ1) is 22.3. The van der Waals surface area contributed by atoms with E-state index in [-0.39, 0.29) is 0 Å². The monoisotopic (exact) mass is 574 g/mol. The Bertz CT molecular complexity index is 2480. The lowest BCUT2D eigenvalue weighted by molar-refractivity contribution is 0.663. The number of hydrogen-bond donors (Lipinski definition) is 0. The minimum absolute atomic E-state index is 0.826. The van der Waals surface area contributed by atoms with Crippen molar-refractivity contribution in [1.82, 2.24) is 9.97 Å². The molecular weight excluding hydrogens is 548 g/mol. The lowest BCUT2D eigenvalue weighted by Gasteiger charge is -2.09. The predicted molar refractivity (Wildman–Crippen MR) is 188 cm³/mol. The molecule has 9 aromatic rings. The minimum Gasteiger partial charge on any atom is -0.456 e. The van der Waals surface area contributed by atoms with E-state index in [4.69, 9.17) is 14.4 Å². The minimum atomic E-state index is 0.826. The van der Waals surface area contributed by atoms with Crippen LogP contribution in [0.5, 0.6) is 0 Å². The molecule has 0 N–H and O–H groups in total. The zero-order valence-electron chi connectivity index (χ0n) is 24.3. The normalized spacial score (nSPS) is 11.6. The summed E-state index contributed by atoms with van der Waals surface area (Å²) in [6.07, 6.45) is 3.94. The Hall–Kier alpha value is -6.06. The molecule has 210 valence electrons. The summed E-state index contributed by atoms with van der Waals surface area (Å²) in [5.74, 6) is 0. The summed E-state index contributed by atoms with van der Waals surface area (Å²) in [5.41, 5.74) is 8.02. The van der Waals surface area contributed by atoms with E-state index in [9.17, 15) is 0 Å². The van der Waals surface area contributed by atoms with E-state index in [1.807, 2.05) is 48.8 Å². The van der Waals surface area contributed by atoms with Gasteiger partial charge in [-0.25, -0.2) is 0 Å². The quantitative estimate of drug-likeness (QED) is 0.206. The molecule has 0 aliphatic heterocycles. The Labute approximate surface area is 259 Å². The standard InChI is InChI=1S/C42H26N2O/c1-5-13-39-29(9-1)21-31(25-43-39)27-17-19-33-34-20-18-28(32-22-30-10-2-6-14-40(30)44-26-32)24-38(34)36-12-4-8-16-42(36)45-41-15-7-3-11-35(41)37(33)23-27/h1-26H. The molecule has 0 bridgehead atoms. The molecule has 3 heterocycles. The van der Waals surface area contributed by atoms with Gasteiger partial charge in [-0.05, 0) is 81.2 Å². The Balaban J connectivity index is 1.39. The molecule has 45 heavy (non-hydrogen) atoms. The summed E-state index contributed by atoms with van der Waals surface area (Å²) in [6, 6.07) is 51.1. The second-order valence-corrected chi connectivity index (χ2v) is 11.4. The average Bonchev–Trinajstić information content (AvgIpc) is 3.15. The van der Waals surface area contributed by atoms with Gasteiger partial charge in [0.25, 0.3) is 0 Å². The maximum atomic E-state index is 6.76. The van der Waals surface area contributed by atoms with Crippen LogP contribution in [0.2, 0.25) is 0 Å². The summed E-state index contributed by atoms with van der Waals surface area (Å²) in [6.45, 7) is 0. The fraction of sp³-hybridized carbons (Fsp3) is 0. The van der Waals surface area contributed by atoms with Gasteiger partial charge in [-0.3, -0.25) is 9.97 Å². The van der Waals surface area contributed by atoms with Crippen molar-refractivity contribution >= 4 is 65.3 Å². The third-order valence-electron chi connectivity index (χ3n) is 8.75. The molecule has 0 aliphatic carbocycles. The van der Waals surface area contributed by atoms with Gasteiger partial charge in [0.05, 0.1) is 11.0 Å². The number of hydrogen-bond acceptors (Lipinski definition) is 3. The number of para-hydroxylation sites is 4. The molecule has 0 unspecified atom stereocenters. The summed E-state index contributed by atoms with van der Waals surface area (Å²) >= 11 is 0. The van der Waals surface area contributed by atoms with Crippen LogP contribution in [0.1, 0.15) is 0 Å². The van der Waals surface area contributed by atoms with Crippen LogP contribution >= 0.6 is 0 Å². The van der Waals surface area contributed by atoms with Crippen molar-refractivity contribution in [2.24, 2.45) is 0 Å². The fourth-order valence-corrected chi connectivity index (χ4v) is 6.50. The van der Waals surface area contributed by atoms with Gasteiger partial charge in [-0.2, -0.15) is 0 Å². The summed E-state index contributed by atoms with van der Waals surface area (Å²) < 4.78 is 6.76. The molecule has 0 spiro atoms. The van der Waals surface area contributed by atoms with Gasteiger partial charge in [-0.1, -0.05) is 97.1 Å². The maximum absolute atomic E-state index is 6.76. The van der Waals surface area contributed by atoms with Gasteiger partial charge in [0.1, 0.15) is 11.2 Å². The maximum Gasteiger partial charge on any atom is 0.135 e. The van der Waals surface area contributed by atoms with Crippen molar-refractivity contribution in [2.75, 3.05) is 0 Å². The number of nitrogens with zero attached hydrogens (tertiary/aromatic N) is 2. The van der Waals surface area contributed by atoms with Crippen LogP contribution < -0.4 is 0 Å². The Morgan fingerprint density at radius 3 is 1.29 bits per heavy atom. The SMILES string of the molecule is c1ccc2ncc(-c3ccc4c(c3)c3ccccc3oc3ccccc3c3cc(-c5cnc6ccccc6c5)ccc34)cc2c1. The van der Waals surface area contributed by atoms with E-state index in [2.05, 4.69) is 109 Å². The van der Waals surface area contributed by atoms with Crippen LogP contribution in [0, 0.1) is 0 Å². The molecule has 0 atom stereocenters. The number of pyridine rings is 2. The molecule has 3 heteroatoms. The number of rotatable bonds is 2. The Kier molecular flexibility index (Phi) is 5.82. The molecule has 0 amide bonds. The van der Waals surface area contributed by atoms with Crippen molar-refractivity contribution in [2.45, 2.75) is 0 Å². The van der Waals surface area contributed by atoms with Crippen molar-refractivity contribution in [1.29, 1.82) is 0 Å². The van der Waals surface area contributed by atoms with E-state index in [0.29, 0.717) is 0 Å². The first kappa shape index (κ1) is 25.4. The zero-order valence-corrected chi connectivity index (χ0v) is 24.3. The highest BCUT2D eigenvalue weighted by Gasteiger charge is 2.11. The molecule has 6 aromatic carbocycles. The third-order valence-corrected chi connectivity index (χ3v) is 8.75. The summed E-state index contributed by atoms with van der Waals surface area (Å²) in [7, 11) is 0. The van der Waals surface area contributed by atoms with E-state index in [1.54, 1.807) is 0 Å². The van der Waals surface area contributed by atoms with E-state index >= 15 is 0 Å². The van der Waals surface area contributed by atoms with Gasteiger partial charge < -0.3 is 4.42 Å². The summed E-state index contributed by atoms with van der Waals surface area (Å²) in [5, 5.41) is 8.88. The molecule has 0 saturated carbocycles. The first-order valence-corrected chi connectivity index (χ1v) is 15.1. The van der Waals surface area contributed by atoms with Crippen LogP contribution in [-0.2, 0) is 0 Å². The van der Waals surface area contributed by atoms with E-state index < -0.39 is 0 Å². The van der Waals surface area contributed by atoms with Gasteiger partial charge in [0, 0.05) is 45.1 Å². The predicted octanol–water partition coefficient (Wildman–Crippen LogP) is 11.4. The molecule has 0 fully saturated rings. The zero-order chi connectivity index (χ0) is 29.7. The van der Waals surface area contributed by atoms with E-state index in [0.717, 1.165) is 87.5 Å². The molecule has 0 aliphatic rings. The second-order valence-electron chi connectivity index (χ2n) is 11.4. The van der Waals surface area contributed by atoms with E-state index in [1.165, 1.54) is 0 Å². The second kappa shape index (κ2) is 10.3. The first-order valence-electron chi connectivity index (χ1n) is 15.1. The molecule has 3 aromatic heterocycles. The van der Waals surface area contributed by atoms with Crippen LogP contribution in [0.25, 0.3) is 87.5 Å². The van der Waals surface area contributed by atoms with Gasteiger partial charge >= 0.3 is 0 Å². The van der Waals surface area contributed by atoms with Crippen molar-refractivity contribution < 1.29 is 4.42 Å². The van der Waals surface area contributed by atoms with Crippen LogP contribution in [0.4, 0.5) is 0 Å². The average molecular weight is 575 g/mol. The number of benzene rings is 6. The Morgan fingerprint density at radius 2 is 0.778 bits per heavy atom. The number of fused-ring (bicyclic) bond motifs is 9. The largest absolute Gasteiger partial charge is 0.456 e. The fourth-order valence-electron chi connectivity index (χ4n) is 6.50. The van der Waals surface area contributed by atoms with Crippen molar-refractivity contribution in [3.63, 3.8) is 0 Å². The smallest absolute Gasteiger partial charge is 0.135 e. The third kappa shape index (κ3) is 4.37. The van der Waals surface area contributed by atoms with Gasteiger partial charge in [-0.15, -0.1) is 0 Å². The van der Waals surface area contributed by atoms with Gasteiger partial charge in [0.15, 0.2) is 0 Å². The highest BCUT2D eigenvalue weighted by Crippen LogP contribution is 2.37. The lowest BCUT2D eigenvalue weighted by Crippen LogP contribution is -1.85. The van der Waals surface area contributed by atoms with Crippen LogP contribution in [0.3, 0.4) is 0 Å². The number of aromatic nitrogens is 2. The molecule has 0 saturated heterocycles. The summed E-state index contributed by atoms with van der Waals surface area (Å²) in [4.78, 5) is 9.51. The molecular formula is C42H26N2O. The van der Waals surface area contributed by atoms with Crippen LogP contribution in [0.15, 0.2) is 162 Å². The van der Waals surface area contributed by atoms with Crippen LogP contribution in [-0.4, -0.2) is 9.97 Å². The molecule has 3 nitrogen and oxygen atoms in total.